The van der Waals surface area contributed by atoms with E-state index >= 15 is 0 Å². The van der Waals surface area contributed by atoms with E-state index in [9.17, 15) is 14.7 Å². The first-order valence-electron chi connectivity index (χ1n) is 12.9. The molecule has 2 aliphatic carbocycles. The van der Waals surface area contributed by atoms with E-state index in [4.69, 9.17) is 23.2 Å². The molecular weight excluding hydrogens is 505 g/mol. The molecule has 6 heteroatoms. The fraction of sp³-hybridized carbons (Fsp3) is 0.419. The predicted molar refractivity (Wildman–Crippen MR) is 148 cm³/mol. The minimum Gasteiger partial charge on any atom is -0.505 e. The molecule has 2 aromatic carbocycles. The number of halogens is 2. The Morgan fingerprint density at radius 3 is 1.81 bits per heavy atom. The summed E-state index contributed by atoms with van der Waals surface area (Å²) in [6, 6.07) is 13.6. The van der Waals surface area contributed by atoms with E-state index in [0.717, 1.165) is 30.7 Å². The van der Waals surface area contributed by atoms with E-state index in [1.54, 1.807) is 12.1 Å². The zero-order valence-electron chi connectivity index (χ0n) is 21.8. The van der Waals surface area contributed by atoms with Crippen molar-refractivity contribution in [3.05, 3.63) is 86.2 Å². The SMILES string of the molecule is CC1(C)CC(=O)C2=C(C1)N(CCc1ccccc1)C1=C(C(=O)CC(C)(C)C1)C2c1cc(Cl)c(O)c(Cl)c1. The number of hydrogen-bond acceptors (Lipinski definition) is 4. The van der Waals surface area contributed by atoms with Gasteiger partial charge >= 0.3 is 0 Å². The maximum atomic E-state index is 13.9. The van der Waals surface area contributed by atoms with Crippen molar-refractivity contribution in [2.24, 2.45) is 10.8 Å². The van der Waals surface area contributed by atoms with E-state index in [1.165, 1.54) is 5.56 Å². The summed E-state index contributed by atoms with van der Waals surface area (Å²) < 4.78 is 0. The highest BCUT2D eigenvalue weighted by Crippen LogP contribution is 2.55. The largest absolute Gasteiger partial charge is 0.505 e. The van der Waals surface area contributed by atoms with Gasteiger partial charge in [-0.05, 0) is 53.4 Å². The van der Waals surface area contributed by atoms with Crippen LogP contribution in [0.5, 0.6) is 5.75 Å². The molecule has 0 aromatic heterocycles. The molecule has 2 aromatic rings. The first-order valence-corrected chi connectivity index (χ1v) is 13.6. The quantitative estimate of drug-likeness (QED) is 0.435. The average molecular weight is 539 g/mol. The summed E-state index contributed by atoms with van der Waals surface area (Å²) in [7, 11) is 0. The molecule has 3 aliphatic rings. The lowest BCUT2D eigenvalue weighted by atomic mass is 9.63. The summed E-state index contributed by atoms with van der Waals surface area (Å²) in [5, 5.41) is 10.5. The first-order chi connectivity index (χ1) is 17.4. The van der Waals surface area contributed by atoms with E-state index < -0.39 is 5.92 Å². The molecule has 194 valence electrons. The molecule has 0 fully saturated rings. The van der Waals surface area contributed by atoms with E-state index in [-0.39, 0.29) is 38.2 Å². The third-order valence-corrected chi connectivity index (χ3v) is 8.44. The number of benzene rings is 2. The third-order valence-electron chi connectivity index (χ3n) is 7.86. The molecule has 0 saturated carbocycles. The molecule has 0 amide bonds. The summed E-state index contributed by atoms with van der Waals surface area (Å²) in [5.74, 6) is -0.611. The zero-order chi connectivity index (χ0) is 26.7. The second kappa shape index (κ2) is 9.32. The van der Waals surface area contributed by atoms with E-state index in [1.807, 2.05) is 18.2 Å². The number of phenolic OH excluding ortho intramolecular Hbond substituents is 1. The highest BCUT2D eigenvalue weighted by Gasteiger charge is 2.49. The Kier molecular flexibility index (Phi) is 6.57. The van der Waals surface area contributed by atoms with E-state index in [2.05, 4.69) is 44.7 Å². The first kappa shape index (κ1) is 26.1. The molecule has 0 spiro atoms. The van der Waals surface area contributed by atoms with Crippen LogP contribution in [0, 0.1) is 10.8 Å². The lowest BCUT2D eigenvalue weighted by Gasteiger charge is -2.49. The van der Waals surface area contributed by atoms with Crippen molar-refractivity contribution in [1.82, 2.24) is 4.90 Å². The number of rotatable bonds is 4. The highest BCUT2D eigenvalue weighted by molar-refractivity contribution is 6.37. The second-order valence-electron chi connectivity index (χ2n) is 12.3. The van der Waals surface area contributed by atoms with Crippen LogP contribution >= 0.6 is 23.2 Å². The van der Waals surface area contributed by atoms with Crippen LogP contribution in [0.1, 0.15) is 70.4 Å². The van der Waals surface area contributed by atoms with Gasteiger partial charge in [-0.2, -0.15) is 0 Å². The van der Waals surface area contributed by atoms with Crippen molar-refractivity contribution in [2.75, 3.05) is 6.54 Å². The van der Waals surface area contributed by atoms with Gasteiger partial charge in [0, 0.05) is 47.8 Å². The number of phenols is 1. The molecule has 1 aliphatic heterocycles. The molecule has 1 N–H and O–H groups in total. The fourth-order valence-electron chi connectivity index (χ4n) is 6.29. The molecule has 5 rings (SSSR count). The summed E-state index contributed by atoms with van der Waals surface area (Å²) in [6.45, 7) is 9.22. The van der Waals surface area contributed by atoms with Gasteiger partial charge in [0.05, 0.1) is 10.0 Å². The van der Waals surface area contributed by atoms with Gasteiger partial charge in [0.2, 0.25) is 0 Å². The van der Waals surface area contributed by atoms with Gasteiger partial charge in [-0.1, -0.05) is 81.2 Å². The molecule has 0 unspecified atom stereocenters. The number of ketones is 2. The Balaban J connectivity index is 1.73. The lowest BCUT2D eigenvalue weighted by Crippen LogP contribution is -2.45. The number of allylic oxidation sites excluding steroid dienone is 4. The molecule has 0 radical (unpaired) electrons. The topological polar surface area (TPSA) is 57.6 Å². The maximum Gasteiger partial charge on any atom is 0.162 e. The summed E-state index contributed by atoms with van der Waals surface area (Å²) in [5.41, 5.74) is 4.88. The van der Waals surface area contributed by atoms with Gasteiger partial charge in [-0.15, -0.1) is 0 Å². The molecule has 0 atom stereocenters. The number of nitrogens with zero attached hydrogens (tertiary/aromatic N) is 1. The predicted octanol–water partition coefficient (Wildman–Crippen LogP) is 7.63. The smallest absolute Gasteiger partial charge is 0.162 e. The van der Waals surface area contributed by atoms with Gasteiger partial charge in [-0.25, -0.2) is 0 Å². The summed E-state index contributed by atoms with van der Waals surface area (Å²) >= 11 is 12.7. The minimum atomic E-state index is -0.541. The molecule has 0 saturated heterocycles. The third kappa shape index (κ3) is 4.86. The molecular formula is C31H33Cl2NO3. The van der Waals surface area contributed by atoms with Crippen molar-refractivity contribution in [3.63, 3.8) is 0 Å². The van der Waals surface area contributed by atoms with Crippen LogP contribution in [0.15, 0.2) is 65.0 Å². The van der Waals surface area contributed by atoms with Crippen molar-refractivity contribution >= 4 is 34.8 Å². The van der Waals surface area contributed by atoms with Crippen molar-refractivity contribution in [3.8, 4) is 5.75 Å². The number of aromatic hydroxyl groups is 1. The highest BCUT2D eigenvalue weighted by atomic mass is 35.5. The standard InChI is InChI=1S/C31H33Cl2NO3/c1-30(2)14-22-27(24(35)16-30)26(19-12-20(32)29(37)21(33)13-19)28-23(15-31(3,4)17-25(28)36)34(22)11-10-18-8-6-5-7-9-18/h5-9,12-13,26,37H,10-11,14-17H2,1-4H3. The van der Waals surface area contributed by atoms with Gasteiger partial charge in [0.25, 0.3) is 0 Å². The van der Waals surface area contributed by atoms with Crippen LogP contribution in [0.25, 0.3) is 0 Å². The monoisotopic (exact) mass is 537 g/mol. The van der Waals surface area contributed by atoms with Crippen LogP contribution in [-0.4, -0.2) is 28.1 Å². The van der Waals surface area contributed by atoms with Gasteiger partial charge in [0.1, 0.15) is 0 Å². The number of carbonyl (C=O) groups is 2. The molecule has 1 heterocycles. The van der Waals surface area contributed by atoms with Crippen LogP contribution in [-0.2, 0) is 16.0 Å². The van der Waals surface area contributed by atoms with Crippen molar-refractivity contribution in [1.29, 1.82) is 0 Å². The van der Waals surface area contributed by atoms with Gasteiger partial charge < -0.3 is 10.0 Å². The number of Topliss-reactive ketones (excluding diaryl/α,β-unsaturated/α-hetero) is 2. The van der Waals surface area contributed by atoms with Crippen LogP contribution in [0.2, 0.25) is 10.0 Å². The van der Waals surface area contributed by atoms with Gasteiger partial charge in [-0.3, -0.25) is 9.59 Å². The Labute approximate surface area is 229 Å². The normalized spacial score (nSPS) is 21.3. The van der Waals surface area contributed by atoms with Crippen LogP contribution in [0.4, 0.5) is 0 Å². The van der Waals surface area contributed by atoms with Gasteiger partial charge in [0.15, 0.2) is 17.3 Å². The maximum absolute atomic E-state index is 13.9. The average Bonchev–Trinajstić information content (AvgIpc) is 2.79. The van der Waals surface area contributed by atoms with Crippen LogP contribution < -0.4 is 0 Å². The molecule has 0 bridgehead atoms. The van der Waals surface area contributed by atoms with E-state index in [0.29, 0.717) is 36.1 Å². The Bertz CT molecular complexity index is 1280. The van der Waals surface area contributed by atoms with Crippen molar-refractivity contribution < 1.29 is 14.7 Å². The Morgan fingerprint density at radius 2 is 1.32 bits per heavy atom. The molecule has 4 nitrogen and oxygen atoms in total. The summed E-state index contributed by atoms with van der Waals surface area (Å²) in [6.07, 6.45) is 3.11. The Morgan fingerprint density at radius 1 is 0.838 bits per heavy atom. The number of hydrogen-bond donors (Lipinski definition) is 1. The summed E-state index contributed by atoms with van der Waals surface area (Å²) in [4.78, 5) is 30.0. The Hall–Kier alpha value is -2.56. The van der Waals surface area contributed by atoms with Crippen LogP contribution in [0.3, 0.4) is 0 Å². The van der Waals surface area contributed by atoms with Crippen molar-refractivity contribution in [2.45, 2.75) is 65.7 Å². The second-order valence-corrected chi connectivity index (χ2v) is 13.1. The fourth-order valence-corrected chi connectivity index (χ4v) is 6.79. The number of carbonyl (C=O) groups excluding carboxylic acids is 2. The lowest BCUT2D eigenvalue weighted by molar-refractivity contribution is -0.119. The molecule has 37 heavy (non-hydrogen) atoms. The minimum absolute atomic E-state index is 0.0606. The zero-order valence-corrected chi connectivity index (χ0v) is 23.3.